The normalized spacial score (nSPS) is 22.9. The minimum absolute atomic E-state index is 0.155. The maximum atomic E-state index is 7.34. The Kier molecular flexibility index (Phi) is 6.05. The van der Waals surface area contributed by atoms with Crippen LogP contribution in [0.25, 0.3) is 0 Å². The van der Waals surface area contributed by atoms with Crippen LogP contribution in [0.2, 0.25) is 0 Å². The minimum atomic E-state index is -0.183. The molecule has 0 spiro atoms. The van der Waals surface area contributed by atoms with Gasteiger partial charge < -0.3 is 10.5 Å². The van der Waals surface area contributed by atoms with Gasteiger partial charge in [-0.25, -0.2) is 0 Å². The molecule has 5 heteroatoms. The van der Waals surface area contributed by atoms with Crippen molar-refractivity contribution in [2.45, 2.75) is 19.4 Å². The van der Waals surface area contributed by atoms with Gasteiger partial charge in [0.1, 0.15) is 11.9 Å². The molecule has 88 valence electrons. The lowest BCUT2D eigenvalue weighted by Gasteiger charge is -2.32. The van der Waals surface area contributed by atoms with Crippen molar-refractivity contribution in [3.05, 3.63) is 0 Å². The van der Waals surface area contributed by atoms with Crippen molar-refractivity contribution in [1.29, 1.82) is 5.41 Å². The Balaban J connectivity index is 2.15. The Morgan fingerprint density at radius 1 is 1.67 bits per heavy atom. The van der Waals surface area contributed by atoms with Crippen LogP contribution in [0.4, 0.5) is 0 Å². The van der Waals surface area contributed by atoms with Gasteiger partial charge in [-0.2, -0.15) is 11.8 Å². The zero-order valence-electron chi connectivity index (χ0n) is 9.37. The van der Waals surface area contributed by atoms with Crippen molar-refractivity contribution in [3.8, 4) is 0 Å². The van der Waals surface area contributed by atoms with Crippen LogP contribution in [0, 0.1) is 5.41 Å². The van der Waals surface area contributed by atoms with Gasteiger partial charge >= 0.3 is 0 Å². The number of hydrogen-bond donors (Lipinski definition) is 2. The Labute approximate surface area is 96.0 Å². The monoisotopic (exact) mass is 231 g/mol. The summed E-state index contributed by atoms with van der Waals surface area (Å²) in [5, 5.41) is 7.34. The van der Waals surface area contributed by atoms with Crippen LogP contribution in [0.5, 0.6) is 0 Å². The molecule has 0 aliphatic carbocycles. The number of nitrogens with one attached hydrogen (secondary N) is 1. The van der Waals surface area contributed by atoms with E-state index in [2.05, 4.69) is 11.8 Å². The number of hydrogen-bond acceptors (Lipinski definition) is 4. The highest BCUT2D eigenvalue weighted by atomic mass is 32.2. The standard InChI is InChI=1S/C10H21N3OS/c1-2-15-7-3-4-13-5-6-14-9(8-13)10(11)12/h9H,2-8H2,1H3,(H3,11,12). The van der Waals surface area contributed by atoms with Crippen LogP contribution in [0.1, 0.15) is 13.3 Å². The molecule has 1 unspecified atom stereocenters. The number of ether oxygens (including phenoxy) is 1. The molecule has 1 atom stereocenters. The van der Waals surface area contributed by atoms with Crippen LogP contribution in [0.3, 0.4) is 0 Å². The molecule has 0 saturated carbocycles. The molecule has 0 aromatic carbocycles. The molecule has 0 amide bonds. The molecule has 0 aromatic heterocycles. The van der Waals surface area contributed by atoms with E-state index in [0.717, 1.165) is 19.6 Å². The van der Waals surface area contributed by atoms with E-state index < -0.39 is 0 Å². The number of morpholine rings is 1. The number of rotatable bonds is 6. The van der Waals surface area contributed by atoms with E-state index in [9.17, 15) is 0 Å². The first kappa shape index (κ1) is 12.8. The van der Waals surface area contributed by atoms with Gasteiger partial charge in [0.25, 0.3) is 0 Å². The third-order valence-electron chi connectivity index (χ3n) is 2.46. The summed E-state index contributed by atoms with van der Waals surface area (Å²) in [4.78, 5) is 2.34. The molecule has 1 saturated heterocycles. The maximum Gasteiger partial charge on any atom is 0.127 e. The maximum absolute atomic E-state index is 7.34. The highest BCUT2D eigenvalue weighted by molar-refractivity contribution is 7.99. The SMILES string of the molecule is CCSCCCN1CCOC(C(=N)N)C1. The number of nitrogens with two attached hydrogens (primary N) is 1. The van der Waals surface area contributed by atoms with E-state index in [-0.39, 0.29) is 11.9 Å². The van der Waals surface area contributed by atoms with E-state index in [1.807, 2.05) is 11.8 Å². The third kappa shape index (κ3) is 4.86. The summed E-state index contributed by atoms with van der Waals surface area (Å²) in [6, 6.07) is 0. The molecule has 1 aliphatic rings. The van der Waals surface area contributed by atoms with Crippen LogP contribution in [-0.2, 0) is 4.74 Å². The molecule has 15 heavy (non-hydrogen) atoms. The van der Waals surface area contributed by atoms with Gasteiger partial charge in [0, 0.05) is 13.1 Å². The average molecular weight is 231 g/mol. The molecule has 0 bridgehead atoms. The summed E-state index contributed by atoms with van der Waals surface area (Å²) in [6.45, 7) is 5.74. The molecule has 1 heterocycles. The lowest BCUT2D eigenvalue weighted by Crippen LogP contribution is -2.48. The summed E-state index contributed by atoms with van der Waals surface area (Å²) in [5.41, 5.74) is 5.43. The highest BCUT2D eigenvalue weighted by Crippen LogP contribution is 2.07. The molecular formula is C10H21N3OS. The van der Waals surface area contributed by atoms with E-state index in [1.54, 1.807) is 0 Å². The first-order chi connectivity index (χ1) is 7.24. The van der Waals surface area contributed by atoms with Gasteiger partial charge in [-0.05, 0) is 24.5 Å². The molecule has 1 fully saturated rings. The lowest BCUT2D eigenvalue weighted by molar-refractivity contribution is 0.00591. The molecule has 3 N–H and O–H groups in total. The Morgan fingerprint density at radius 3 is 3.13 bits per heavy atom. The second-order valence-electron chi connectivity index (χ2n) is 3.67. The first-order valence-corrected chi connectivity index (χ1v) is 6.65. The largest absolute Gasteiger partial charge is 0.385 e. The van der Waals surface area contributed by atoms with Crippen molar-refractivity contribution in [3.63, 3.8) is 0 Å². The first-order valence-electron chi connectivity index (χ1n) is 5.49. The van der Waals surface area contributed by atoms with E-state index >= 15 is 0 Å². The van der Waals surface area contributed by atoms with Gasteiger partial charge in [0.2, 0.25) is 0 Å². The molecular weight excluding hydrogens is 210 g/mol. The fourth-order valence-corrected chi connectivity index (χ4v) is 2.25. The summed E-state index contributed by atoms with van der Waals surface area (Å²) >= 11 is 1.98. The van der Waals surface area contributed by atoms with Crippen LogP contribution in [-0.4, -0.2) is 54.6 Å². The second kappa shape index (κ2) is 7.09. The van der Waals surface area contributed by atoms with Crippen molar-refractivity contribution in [2.24, 2.45) is 5.73 Å². The number of nitrogens with zero attached hydrogens (tertiary/aromatic N) is 1. The predicted molar refractivity (Wildman–Crippen MR) is 65.7 cm³/mol. The molecule has 4 nitrogen and oxygen atoms in total. The summed E-state index contributed by atoms with van der Waals surface area (Å²) < 4.78 is 5.40. The minimum Gasteiger partial charge on any atom is -0.385 e. The molecule has 1 aliphatic heterocycles. The topological polar surface area (TPSA) is 62.3 Å². The Hall–Kier alpha value is -0.260. The smallest absolute Gasteiger partial charge is 0.127 e. The number of amidine groups is 1. The van der Waals surface area contributed by atoms with Gasteiger partial charge in [0.15, 0.2) is 0 Å². The third-order valence-corrected chi connectivity index (χ3v) is 3.45. The van der Waals surface area contributed by atoms with Gasteiger partial charge in [0.05, 0.1) is 6.61 Å². The van der Waals surface area contributed by atoms with E-state index in [4.69, 9.17) is 15.9 Å². The summed E-state index contributed by atoms with van der Waals surface area (Å²) in [5.74, 6) is 2.57. The van der Waals surface area contributed by atoms with Gasteiger partial charge in [-0.1, -0.05) is 6.92 Å². The van der Waals surface area contributed by atoms with Crippen molar-refractivity contribution >= 4 is 17.6 Å². The van der Waals surface area contributed by atoms with Gasteiger partial charge in [-0.15, -0.1) is 0 Å². The zero-order valence-corrected chi connectivity index (χ0v) is 10.2. The van der Waals surface area contributed by atoms with E-state index in [1.165, 1.54) is 17.9 Å². The van der Waals surface area contributed by atoms with Crippen LogP contribution >= 0.6 is 11.8 Å². The van der Waals surface area contributed by atoms with Gasteiger partial charge in [-0.3, -0.25) is 10.3 Å². The molecule has 1 rings (SSSR count). The quantitative estimate of drug-likeness (QED) is 0.402. The summed E-state index contributed by atoms with van der Waals surface area (Å²) in [7, 11) is 0. The fraction of sp³-hybridized carbons (Fsp3) is 0.900. The number of thioether (sulfide) groups is 1. The zero-order chi connectivity index (χ0) is 11.1. The van der Waals surface area contributed by atoms with Crippen LogP contribution < -0.4 is 5.73 Å². The Morgan fingerprint density at radius 2 is 2.47 bits per heavy atom. The second-order valence-corrected chi connectivity index (χ2v) is 5.06. The predicted octanol–water partition coefficient (Wildman–Crippen LogP) is 0.766. The molecule has 0 aromatic rings. The highest BCUT2D eigenvalue weighted by Gasteiger charge is 2.21. The summed E-state index contributed by atoms with van der Waals surface area (Å²) in [6.07, 6.45) is 1.03. The Bertz CT molecular complexity index is 201. The molecule has 0 radical (unpaired) electrons. The lowest BCUT2D eigenvalue weighted by atomic mass is 10.2. The van der Waals surface area contributed by atoms with Crippen LogP contribution in [0.15, 0.2) is 0 Å². The average Bonchev–Trinajstić information content (AvgIpc) is 2.25. The van der Waals surface area contributed by atoms with E-state index in [0.29, 0.717) is 6.61 Å². The van der Waals surface area contributed by atoms with Crippen molar-refractivity contribution in [1.82, 2.24) is 4.90 Å². The van der Waals surface area contributed by atoms with Crippen molar-refractivity contribution in [2.75, 3.05) is 37.7 Å². The fourth-order valence-electron chi connectivity index (χ4n) is 1.63. The van der Waals surface area contributed by atoms with Crippen molar-refractivity contribution < 1.29 is 4.74 Å².